The van der Waals surface area contributed by atoms with Crippen molar-refractivity contribution in [1.29, 1.82) is 0 Å². The van der Waals surface area contributed by atoms with Crippen molar-refractivity contribution in [1.82, 2.24) is 5.32 Å². The van der Waals surface area contributed by atoms with E-state index in [1.807, 2.05) is 6.92 Å². The zero-order valence-electron chi connectivity index (χ0n) is 14.7. The quantitative estimate of drug-likeness (QED) is 0.843. The minimum Gasteiger partial charge on any atom is -0.494 e. The van der Waals surface area contributed by atoms with E-state index in [4.69, 9.17) is 4.74 Å². The van der Waals surface area contributed by atoms with Gasteiger partial charge in [0.1, 0.15) is 5.75 Å². The molecule has 1 saturated heterocycles. The molecule has 3 amide bonds. The molecule has 0 aliphatic carbocycles. The van der Waals surface area contributed by atoms with E-state index in [-0.39, 0.29) is 18.0 Å². The van der Waals surface area contributed by atoms with Crippen molar-refractivity contribution in [2.75, 3.05) is 23.4 Å². The van der Waals surface area contributed by atoms with Gasteiger partial charge in [-0.25, -0.2) is 13.6 Å². The summed E-state index contributed by atoms with van der Waals surface area (Å²) in [5.74, 6) is -1.44. The molecular formula is C19H19F2N3O3. The number of amides is 3. The van der Waals surface area contributed by atoms with Crippen LogP contribution in [0.15, 0.2) is 42.5 Å². The topological polar surface area (TPSA) is 70.7 Å². The number of carbonyl (C=O) groups excluding carboxylic acids is 2. The molecule has 0 unspecified atom stereocenters. The van der Waals surface area contributed by atoms with Crippen molar-refractivity contribution in [2.24, 2.45) is 0 Å². The van der Waals surface area contributed by atoms with E-state index in [9.17, 15) is 18.4 Å². The maximum absolute atomic E-state index is 13.2. The second-order valence-electron chi connectivity index (χ2n) is 6.06. The number of nitrogens with one attached hydrogen (secondary N) is 2. The number of hydrogen-bond donors (Lipinski definition) is 2. The molecule has 1 fully saturated rings. The number of urea groups is 1. The lowest BCUT2D eigenvalue weighted by molar-refractivity contribution is -0.117. The molecule has 1 heterocycles. The summed E-state index contributed by atoms with van der Waals surface area (Å²) in [5.41, 5.74) is 0.841. The third-order valence-electron chi connectivity index (χ3n) is 4.10. The lowest BCUT2D eigenvalue weighted by Crippen LogP contribution is -2.39. The summed E-state index contributed by atoms with van der Waals surface area (Å²) in [6.07, 6.45) is 0.151. The first-order chi connectivity index (χ1) is 13.0. The van der Waals surface area contributed by atoms with Gasteiger partial charge in [0.25, 0.3) is 0 Å². The largest absolute Gasteiger partial charge is 0.494 e. The van der Waals surface area contributed by atoms with Gasteiger partial charge in [-0.1, -0.05) is 0 Å². The lowest BCUT2D eigenvalue weighted by Gasteiger charge is -2.18. The van der Waals surface area contributed by atoms with Crippen molar-refractivity contribution in [3.8, 4) is 5.75 Å². The summed E-state index contributed by atoms with van der Waals surface area (Å²) in [7, 11) is 0. The molecule has 0 spiro atoms. The van der Waals surface area contributed by atoms with Gasteiger partial charge in [-0.15, -0.1) is 0 Å². The summed E-state index contributed by atoms with van der Waals surface area (Å²) in [5, 5.41) is 5.09. The molecule has 142 valence electrons. The Labute approximate surface area is 155 Å². The highest BCUT2D eigenvalue weighted by Gasteiger charge is 2.31. The molecule has 6 nitrogen and oxygen atoms in total. The van der Waals surface area contributed by atoms with E-state index in [1.54, 1.807) is 29.2 Å². The van der Waals surface area contributed by atoms with Crippen LogP contribution in [0.4, 0.5) is 25.0 Å². The van der Waals surface area contributed by atoms with Crippen LogP contribution in [0, 0.1) is 11.6 Å². The van der Waals surface area contributed by atoms with E-state index in [0.29, 0.717) is 24.6 Å². The molecule has 8 heteroatoms. The molecular weight excluding hydrogens is 356 g/mol. The van der Waals surface area contributed by atoms with Crippen molar-refractivity contribution in [2.45, 2.75) is 19.4 Å². The molecule has 0 saturated carbocycles. The Kier molecular flexibility index (Phi) is 5.54. The van der Waals surface area contributed by atoms with E-state index < -0.39 is 23.7 Å². The Hall–Kier alpha value is -3.16. The Balaban J connectivity index is 1.58. The minimum absolute atomic E-state index is 0.114. The first-order valence-corrected chi connectivity index (χ1v) is 8.52. The average Bonchev–Trinajstić information content (AvgIpc) is 2.99. The fraction of sp³-hybridized carbons (Fsp3) is 0.263. The van der Waals surface area contributed by atoms with E-state index >= 15 is 0 Å². The zero-order valence-corrected chi connectivity index (χ0v) is 14.7. The molecule has 0 aromatic heterocycles. The van der Waals surface area contributed by atoms with Crippen LogP contribution in [-0.2, 0) is 4.79 Å². The highest BCUT2D eigenvalue weighted by Crippen LogP contribution is 2.24. The molecule has 0 radical (unpaired) electrons. The van der Waals surface area contributed by atoms with E-state index in [1.165, 1.54) is 6.07 Å². The van der Waals surface area contributed by atoms with Crippen LogP contribution >= 0.6 is 0 Å². The van der Waals surface area contributed by atoms with Crippen LogP contribution in [0.5, 0.6) is 5.75 Å². The van der Waals surface area contributed by atoms with E-state index in [0.717, 1.165) is 12.1 Å². The van der Waals surface area contributed by atoms with Gasteiger partial charge in [0.2, 0.25) is 5.91 Å². The van der Waals surface area contributed by atoms with Crippen molar-refractivity contribution in [3.05, 3.63) is 54.1 Å². The SMILES string of the molecule is CCOc1ccc(N2C[C@@H](NC(=O)Nc3ccc(F)c(F)c3)CC2=O)cc1. The second-order valence-corrected chi connectivity index (χ2v) is 6.06. The van der Waals surface area contributed by atoms with Crippen LogP contribution in [0.1, 0.15) is 13.3 Å². The first kappa shape index (κ1) is 18.6. The average molecular weight is 375 g/mol. The first-order valence-electron chi connectivity index (χ1n) is 8.52. The van der Waals surface area contributed by atoms with Gasteiger partial charge in [0.05, 0.1) is 12.6 Å². The summed E-state index contributed by atoms with van der Waals surface area (Å²) < 4.78 is 31.5. The third-order valence-corrected chi connectivity index (χ3v) is 4.10. The van der Waals surface area contributed by atoms with Crippen LogP contribution in [0.25, 0.3) is 0 Å². The smallest absolute Gasteiger partial charge is 0.319 e. The summed E-state index contributed by atoms with van der Waals surface area (Å²) in [4.78, 5) is 25.9. The van der Waals surface area contributed by atoms with Crippen molar-refractivity contribution < 1.29 is 23.1 Å². The van der Waals surface area contributed by atoms with Gasteiger partial charge in [0, 0.05) is 30.4 Å². The summed E-state index contributed by atoms with van der Waals surface area (Å²) in [6.45, 7) is 2.76. The van der Waals surface area contributed by atoms with Gasteiger partial charge in [-0.2, -0.15) is 0 Å². The zero-order chi connectivity index (χ0) is 19.4. The molecule has 1 aliphatic heterocycles. The molecule has 3 rings (SSSR count). The van der Waals surface area contributed by atoms with Gasteiger partial charge in [-0.3, -0.25) is 4.79 Å². The standard InChI is InChI=1S/C19H19F2N3O3/c1-2-27-15-6-4-14(5-7-15)24-11-13(10-18(24)25)23-19(26)22-12-3-8-16(20)17(21)9-12/h3-9,13H,2,10-11H2,1H3,(H2,22,23,26)/t13-/m0/s1. The van der Waals surface area contributed by atoms with Crippen molar-refractivity contribution in [3.63, 3.8) is 0 Å². The fourth-order valence-electron chi connectivity index (χ4n) is 2.87. The Morgan fingerprint density at radius 1 is 1.19 bits per heavy atom. The fourth-order valence-corrected chi connectivity index (χ4v) is 2.87. The summed E-state index contributed by atoms with van der Waals surface area (Å²) in [6, 6.07) is 9.22. The number of ether oxygens (including phenoxy) is 1. The predicted molar refractivity (Wildman–Crippen MR) is 96.9 cm³/mol. The van der Waals surface area contributed by atoms with E-state index in [2.05, 4.69) is 10.6 Å². The lowest BCUT2D eigenvalue weighted by atomic mass is 10.2. The maximum Gasteiger partial charge on any atom is 0.319 e. The molecule has 1 atom stereocenters. The number of nitrogens with zero attached hydrogens (tertiary/aromatic N) is 1. The molecule has 0 bridgehead atoms. The van der Waals surface area contributed by atoms with Crippen LogP contribution in [0.2, 0.25) is 0 Å². The molecule has 1 aliphatic rings. The predicted octanol–water partition coefficient (Wildman–Crippen LogP) is 3.29. The molecule has 2 N–H and O–H groups in total. The Morgan fingerprint density at radius 2 is 1.93 bits per heavy atom. The van der Waals surface area contributed by atoms with Crippen LogP contribution in [0.3, 0.4) is 0 Å². The van der Waals surface area contributed by atoms with Crippen LogP contribution < -0.4 is 20.3 Å². The van der Waals surface area contributed by atoms with Gasteiger partial charge in [0.15, 0.2) is 11.6 Å². The van der Waals surface area contributed by atoms with Gasteiger partial charge in [-0.05, 0) is 43.3 Å². The number of benzene rings is 2. The third kappa shape index (κ3) is 4.52. The molecule has 27 heavy (non-hydrogen) atoms. The minimum atomic E-state index is -1.05. The number of rotatable bonds is 5. The maximum atomic E-state index is 13.2. The van der Waals surface area contributed by atoms with Gasteiger partial charge < -0.3 is 20.3 Å². The number of hydrogen-bond acceptors (Lipinski definition) is 3. The highest BCUT2D eigenvalue weighted by molar-refractivity contribution is 5.97. The monoisotopic (exact) mass is 375 g/mol. The van der Waals surface area contributed by atoms with Gasteiger partial charge >= 0.3 is 6.03 Å². The van der Waals surface area contributed by atoms with Crippen molar-refractivity contribution >= 4 is 23.3 Å². The molecule has 2 aromatic carbocycles. The van der Waals surface area contributed by atoms with Crippen LogP contribution in [-0.4, -0.2) is 31.1 Å². The normalized spacial score (nSPS) is 16.3. The number of halogens is 2. The molecule has 2 aromatic rings. The highest BCUT2D eigenvalue weighted by atomic mass is 19.2. The second kappa shape index (κ2) is 8.03. The Bertz CT molecular complexity index is 843. The Morgan fingerprint density at radius 3 is 2.59 bits per heavy atom. The number of carbonyl (C=O) groups is 2. The summed E-state index contributed by atoms with van der Waals surface area (Å²) >= 11 is 0. The number of anilines is 2.